The number of thiophene rings is 1. The van der Waals surface area contributed by atoms with Crippen LogP contribution in [0.15, 0.2) is 66.7 Å². The fraction of sp³-hybridized carbons (Fsp3) is 0.0870. The molecule has 3 aromatic carbocycles. The minimum atomic E-state index is 0.620. The van der Waals surface area contributed by atoms with Crippen LogP contribution in [0.5, 0.6) is 0 Å². The maximum atomic E-state index is 6.07. The maximum absolute atomic E-state index is 6.07. The molecule has 0 aliphatic rings. The molecule has 4 nitrogen and oxygen atoms in total. The lowest BCUT2D eigenvalue weighted by molar-refractivity contribution is 0.881. The first kappa shape index (κ1) is 18.0. The Morgan fingerprint density at radius 3 is 2.52 bits per heavy atom. The van der Waals surface area contributed by atoms with Crippen molar-refractivity contribution in [2.24, 2.45) is 0 Å². The number of hydrogen-bond acceptors (Lipinski definition) is 4. The summed E-state index contributed by atoms with van der Waals surface area (Å²) in [6.07, 6.45) is 0.809. The van der Waals surface area contributed by atoms with E-state index in [2.05, 4.69) is 82.1 Å². The SMILES string of the molecule is Cc1ccc(-c2sc(-c3nn[nH]n3)cc2Cc2ccc(Cl)cc2)c2ccccc12. The van der Waals surface area contributed by atoms with Gasteiger partial charge >= 0.3 is 0 Å². The molecule has 0 saturated carbocycles. The van der Waals surface area contributed by atoms with Crippen LogP contribution in [0.25, 0.3) is 31.9 Å². The predicted octanol–water partition coefficient (Wildman–Crippen LogP) is 6.30. The summed E-state index contributed by atoms with van der Waals surface area (Å²) in [7, 11) is 0. The average molecular weight is 417 g/mol. The van der Waals surface area contributed by atoms with E-state index in [1.165, 1.54) is 37.9 Å². The van der Waals surface area contributed by atoms with Crippen molar-refractivity contribution in [1.82, 2.24) is 20.6 Å². The van der Waals surface area contributed by atoms with Crippen molar-refractivity contribution in [2.75, 3.05) is 0 Å². The van der Waals surface area contributed by atoms with E-state index in [4.69, 9.17) is 11.6 Å². The van der Waals surface area contributed by atoms with E-state index in [1.807, 2.05) is 12.1 Å². The van der Waals surface area contributed by atoms with Gasteiger partial charge in [-0.25, -0.2) is 0 Å². The Labute approximate surface area is 177 Å². The highest BCUT2D eigenvalue weighted by atomic mass is 35.5. The highest BCUT2D eigenvalue weighted by molar-refractivity contribution is 7.19. The molecule has 0 unspecified atom stereocenters. The molecule has 5 rings (SSSR count). The van der Waals surface area contributed by atoms with Crippen molar-refractivity contribution >= 4 is 33.7 Å². The van der Waals surface area contributed by atoms with Crippen LogP contribution in [-0.4, -0.2) is 20.6 Å². The van der Waals surface area contributed by atoms with Crippen LogP contribution in [0, 0.1) is 6.92 Å². The van der Waals surface area contributed by atoms with Gasteiger partial charge in [-0.15, -0.1) is 21.5 Å². The van der Waals surface area contributed by atoms with Gasteiger partial charge in [-0.3, -0.25) is 0 Å². The molecular weight excluding hydrogens is 400 g/mol. The lowest BCUT2D eigenvalue weighted by Gasteiger charge is -2.10. The van der Waals surface area contributed by atoms with Gasteiger partial charge in [-0.1, -0.05) is 60.1 Å². The molecule has 0 radical (unpaired) electrons. The molecule has 0 spiro atoms. The standard InChI is InChI=1S/C23H17ClN4S/c1-14-6-11-20(19-5-3-2-4-18(14)19)22-16(12-15-7-9-17(24)10-8-15)13-21(29-22)23-25-27-28-26-23/h2-11,13H,12H2,1H3,(H,25,26,27,28). The third kappa shape index (κ3) is 3.43. The number of hydrogen-bond donors (Lipinski definition) is 1. The number of aromatic nitrogens is 4. The molecule has 5 aromatic rings. The summed E-state index contributed by atoms with van der Waals surface area (Å²) in [6.45, 7) is 2.15. The van der Waals surface area contributed by atoms with Gasteiger partial charge < -0.3 is 0 Å². The number of benzene rings is 3. The van der Waals surface area contributed by atoms with Gasteiger partial charge in [0, 0.05) is 9.90 Å². The first-order chi connectivity index (χ1) is 14.2. The van der Waals surface area contributed by atoms with Crippen LogP contribution >= 0.6 is 22.9 Å². The summed E-state index contributed by atoms with van der Waals surface area (Å²) in [5.74, 6) is 0.620. The van der Waals surface area contributed by atoms with Crippen LogP contribution < -0.4 is 0 Å². The Kier molecular flexibility index (Phi) is 4.62. The quantitative estimate of drug-likeness (QED) is 0.374. The van der Waals surface area contributed by atoms with E-state index in [-0.39, 0.29) is 0 Å². The number of aryl methyl sites for hydroxylation is 1. The van der Waals surface area contributed by atoms with Gasteiger partial charge in [0.1, 0.15) is 0 Å². The highest BCUT2D eigenvalue weighted by Gasteiger charge is 2.17. The van der Waals surface area contributed by atoms with E-state index >= 15 is 0 Å². The lowest BCUT2D eigenvalue weighted by atomic mass is 9.96. The summed E-state index contributed by atoms with van der Waals surface area (Å²) in [6, 6.07) is 23.2. The molecule has 0 bridgehead atoms. The van der Waals surface area contributed by atoms with Crippen LogP contribution in [0.2, 0.25) is 5.02 Å². The number of halogens is 1. The predicted molar refractivity (Wildman–Crippen MR) is 119 cm³/mol. The molecule has 6 heteroatoms. The molecule has 2 heterocycles. The molecule has 0 atom stereocenters. The lowest BCUT2D eigenvalue weighted by Crippen LogP contribution is -1.90. The number of aromatic amines is 1. The van der Waals surface area contributed by atoms with E-state index in [0.29, 0.717) is 5.82 Å². The Morgan fingerprint density at radius 2 is 1.76 bits per heavy atom. The molecular formula is C23H17ClN4S. The van der Waals surface area contributed by atoms with Crippen molar-refractivity contribution in [1.29, 1.82) is 0 Å². The smallest absolute Gasteiger partial charge is 0.177 e. The molecule has 0 aliphatic carbocycles. The number of tetrazole rings is 1. The fourth-order valence-corrected chi connectivity index (χ4v) is 4.91. The maximum Gasteiger partial charge on any atom is 0.214 e. The summed E-state index contributed by atoms with van der Waals surface area (Å²) < 4.78 is 0. The number of nitrogens with one attached hydrogen (secondary N) is 1. The molecule has 2 aromatic heterocycles. The number of fused-ring (bicyclic) bond motifs is 1. The number of H-pyrrole nitrogens is 1. The van der Waals surface area contributed by atoms with E-state index in [1.54, 1.807) is 11.3 Å². The van der Waals surface area contributed by atoms with Gasteiger partial charge in [0.25, 0.3) is 0 Å². The number of nitrogens with zero attached hydrogens (tertiary/aromatic N) is 3. The van der Waals surface area contributed by atoms with E-state index in [9.17, 15) is 0 Å². The summed E-state index contributed by atoms with van der Waals surface area (Å²) in [5.41, 5.74) is 4.96. The second-order valence-corrected chi connectivity index (χ2v) is 8.47. The Bertz CT molecular complexity index is 1290. The van der Waals surface area contributed by atoms with Gasteiger partial charge in [0.15, 0.2) is 0 Å². The van der Waals surface area contributed by atoms with Crippen molar-refractivity contribution < 1.29 is 0 Å². The van der Waals surface area contributed by atoms with Gasteiger partial charge in [0.05, 0.1) is 4.88 Å². The molecule has 142 valence electrons. The van der Waals surface area contributed by atoms with Gasteiger partial charge in [-0.2, -0.15) is 5.21 Å². The third-order valence-electron chi connectivity index (χ3n) is 5.07. The van der Waals surface area contributed by atoms with Crippen LogP contribution in [0.4, 0.5) is 0 Å². The zero-order valence-electron chi connectivity index (χ0n) is 15.7. The van der Waals surface area contributed by atoms with E-state index < -0.39 is 0 Å². The molecule has 1 N–H and O–H groups in total. The Hall–Kier alpha value is -3.02. The summed E-state index contributed by atoms with van der Waals surface area (Å²) in [5, 5.41) is 17.9. The number of rotatable bonds is 4. The average Bonchev–Trinajstić information content (AvgIpc) is 3.41. The van der Waals surface area contributed by atoms with Crippen LogP contribution in [0.1, 0.15) is 16.7 Å². The second-order valence-electron chi connectivity index (χ2n) is 6.98. The zero-order chi connectivity index (χ0) is 19.8. The molecule has 0 aliphatic heterocycles. The summed E-state index contributed by atoms with van der Waals surface area (Å²) >= 11 is 7.77. The largest absolute Gasteiger partial charge is 0.214 e. The fourth-order valence-electron chi connectivity index (χ4n) is 3.63. The van der Waals surface area contributed by atoms with Crippen LogP contribution in [-0.2, 0) is 6.42 Å². The topological polar surface area (TPSA) is 54.5 Å². The normalized spacial score (nSPS) is 11.2. The minimum Gasteiger partial charge on any atom is -0.177 e. The second kappa shape index (κ2) is 7.43. The Morgan fingerprint density at radius 1 is 0.966 bits per heavy atom. The van der Waals surface area contributed by atoms with Crippen molar-refractivity contribution in [3.05, 3.63) is 88.4 Å². The van der Waals surface area contributed by atoms with Crippen molar-refractivity contribution in [2.45, 2.75) is 13.3 Å². The van der Waals surface area contributed by atoms with Gasteiger partial charge in [-0.05, 0) is 69.8 Å². The van der Waals surface area contributed by atoms with Crippen molar-refractivity contribution in [3.63, 3.8) is 0 Å². The monoisotopic (exact) mass is 416 g/mol. The molecule has 0 fully saturated rings. The highest BCUT2D eigenvalue weighted by Crippen LogP contribution is 2.41. The first-order valence-corrected chi connectivity index (χ1v) is 10.5. The Balaban J connectivity index is 1.69. The first-order valence-electron chi connectivity index (χ1n) is 9.29. The van der Waals surface area contributed by atoms with Gasteiger partial charge in [0.2, 0.25) is 5.82 Å². The van der Waals surface area contributed by atoms with Crippen molar-refractivity contribution in [3.8, 4) is 21.1 Å². The zero-order valence-corrected chi connectivity index (χ0v) is 17.3. The van der Waals surface area contributed by atoms with E-state index in [0.717, 1.165) is 16.3 Å². The molecule has 29 heavy (non-hydrogen) atoms. The molecule has 0 amide bonds. The third-order valence-corrected chi connectivity index (χ3v) is 6.53. The minimum absolute atomic E-state index is 0.620. The van der Waals surface area contributed by atoms with Crippen LogP contribution in [0.3, 0.4) is 0 Å². The summed E-state index contributed by atoms with van der Waals surface area (Å²) in [4.78, 5) is 2.23. The molecule has 0 saturated heterocycles.